The molecule has 0 aliphatic heterocycles. The van der Waals surface area contributed by atoms with E-state index in [1.807, 2.05) is 24.3 Å². The highest BCUT2D eigenvalue weighted by atomic mass is 32.1. The number of aliphatic hydroxyl groups excluding tert-OH is 1. The van der Waals surface area contributed by atoms with Gasteiger partial charge >= 0.3 is 5.97 Å². The number of aliphatic carboxylic acids is 1. The van der Waals surface area contributed by atoms with E-state index in [1.54, 1.807) is 0 Å². The molecule has 112 valence electrons. The minimum atomic E-state index is -1.14. The van der Waals surface area contributed by atoms with Crippen molar-refractivity contribution in [2.75, 3.05) is 6.61 Å². The van der Waals surface area contributed by atoms with E-state index in [2.05, 4.69) is 10.3 Å². The Balaban J connectivity index is 1.89. The maximum absolute atomic E-state index is 11.7. The van der Waals surface area contributed by atoms with Crippen molar-refractivity contribution in [2.45, 2.75) is 25.3 Å². The summed E-state index contributed by atoms with van der Waals surface area (Å²) in [6.45, 7) is -0.283. The lowest BCUT2D eigenvalue weighted by molar-refractivity contribution is -0.142. The molecule has 2 aromatic rings. The Bertz CT molecular complexity index is 608. The number of carbonyl (C=O) groups is 2. The number of thiazole rings is 1. The van der Waals surface area contributed by atoms with E-state index in [0.29, 0.717) is 6.42 Å². The summed E-state index contributed by atoms with van der Waals surface area (Å²) in [5, 5.41) is 20.9. The fourth-order valence-corrected chi connectivity index (χ4v) is 2.87. The molecule has 2 rings (SSSR count). The predicted octanol–water partition coefficient (Wildman–Crippen LogP) is 1.18. The molecule has 1 amide bonds. The van der Waals surface area contributed by atoms with Crippen LogP contribution >= 0.6 is 11.3 Å². The lowest BCUT2D eigenvalue weighted by atomic mass is 10.2. The quantitative estimate of drug-likeness (QED) is 0.713. The Morgan fingerprint density at radius 1 is 1.33 bits per heavy atom. The molecule has 0 radical (unpaired) electrons. The van der Waals surface area contributed by atoms with Gasteiger partial charge in [-0.25, -0.2) is 9.78 Å². The number of carboxylic acids is 1. The normalized spacial score (nSPS) is 12.2. The molecule has 3 N–H and O–H groups in total. The van der Waals surface area contributed by atoms with E-state index >= 15 is 0 Å². The molecule has 0 unspecified atom stereocenters. The fourth-order valence-electron chi connectivity index (χ4n) is 1.90. The molecule has 1 heterocycles. The van der Waals surface area contributed by atoms with Crippen molar-refractivity contribution in [3.8, 4) is 0 Å². The van der Waals surface area contributed by atoms with Crippen LogP contribution in [0.5, 0.6) is 0 Å². The summed E-state index contributed by atoms with van der Waals surface area (Å²) in [5.74, 6) is -1.49. The second-order valence-corrected chi connectivity index (χ2v) is 5.66. The Hall–Kier alpha value is -1.99. The maximum atomic E-state index is 11.7. The monoisotopic (exact) mass is 308 g/mol. The lowest BCUT2D eigenvalue weighted by Crippen LogP contribution is -2.41. The van der Waals surface area contributed by atoms with Gasteiger partial charge in [-0.2, -0.15) is 0 Å². The Morgan fingerprint density at radius 3 is 2.76 bits per heavy atom. The zero-order chi connectivity index (χ0) is 15.2. The molecule has 6 nitrogen and oxygen atoms in total. The van der Waals surface area contributed by atoms with Crippen molar-refractivity contribution in [1.82, 2.24) is 10.3 Å². The molecule has 0 spiro atoms. The predicted molar refractivity (Wildman–Crippen MR) is 79.2 cm³/mol. The van der Waals surface area contributed by atoms with Gasteiger partial charge in [0.25, 0.3) is 0 Å². The molecule has 1 aromatic carbocycles. The van der Waals surface area contributed by atoms with Gasteiger partial charge in [-0.15, -0.1) is 11.3 Å². The minimum Gasteiger partial charge on any atom is -0.480 e. The van der Waals surface area contributed by atoms with E-state index in [-0.39, 0.29) is 25.4 Å². The first-order valence-corrected chi connectivity index (χ1v) is 7.39. The van der Waals surface area contributed by atoms with Crippen molar-refractivity contribution in [2.24, 2.45) is 0 Å². The van der Waals surface area contributed by atoms with E-state index in [1.165, 1.54) is 11.3 Å². The molecular weight excluding hydrogens is 292 g/mol. The topological polar surface area (TPSA) is 99.5 Å². The summed E-state index contributed by atoms with van der Waals surface area (Å²) in [5.41, 5.74) is 0.904. The average molecular weight is 308 g/mol. The Morgan fingerprint density at radius 2 is 2.10 bits per heavy atom. The van der Waals surface area contributed by atoms with E-state index in [0.717, 1.165) is 15.2 Å². The Kier molecular flexibility index (Phi) is 5.24. The fraction of sp³-hybridized carbons (Fsp3) is 0.357. The first-order valence-electron chi connectivity index (χ1n) is 6.57. The molecule has 0 saturated heterocycles. The van der Waals surface area contributed by atoms with Crippen LogP contribution in [0.4, 0.5) is 0 Å². The van der Waals surface area contributed by atoms with Crippen LogP contribution in [0.25, 0.3) is 10.2 Å². The third kappa shape index (κ3) is 4.24. The number of fused-ring (bicyclic) bond motifs is 1. The molecule has 1 aromatic heterocycles. The van der Waals surface area contributed by atoms with Crippen LogP contribution in [-0.2, 0) is 16.0 Å². The summed E-state index contributed by atoms with van der Waals surface area (Å²) in [6.07, 6.45) is 0.647. The highest BCUT2D eigenvalue weighted by Crippen LogP contribution is 2.22. The zero-order valence-corrected chi connectivity index (χ0v) is 12.1. The number of carboxylic acid groups (broad SMARTS) is 1. The van der Waals surface area contributed by atoms with Gasteiger partial charge in [0.15, 0.2) is 0 Å². The SMILES string of the molecule is O=C(CCc1nc2ccccc2s1)N[C@@H](CCO)C(=O)O. The number of rotatable bonds is 7. The van der Waals surface area contributed by atoms with Gasteiger partial charge in [0.1, 0.15) is 6.04 Å². The molecule has 0 bridgehead atoms. The summed E-state index contributed by atoms with van der Waals surface area (Å²) in [6, 6.07) is 6.68. The summed E-state index contributed by atoms with van der Waals surface area (Å²) >= 11 is 1.53. The van der Waals surface area contributed by atoms with Gasteiger partial charge in [-0.1, -0.05) is 12.1 Å². The van der Waals surface area contributed by atoms with Crippen LogP contribution in [0.3, 0.4) is 0 Å². The second-order valence-electron chi connectivity index (χ2n) is 4.55. The first-order chi connectivity index (χ1) is 10.1. The number of aliphatic hydroxyl groups is 1. The number of hydrogen-bond donors (Lipinski definition) is 3. The van der Waals surface area contributed by atoms with Gasteiger partial charge in [0.2, 0.25) is 5.91 Å². The number of nitrogens with one attached hydrogen (secondary N) is 1. The average Bonchev–Trinajstić information content (AvgIpc) is 2.87. The maximum Gasteiger partial charge on any atom is 0.326 e. The lowest BCUT2D eigenvalue weighted by Gasteiger charge is -2.12. The third-order valence-electron chi connectivity index (χ3n) is 2.96. The van der Waals surface area contributed by atoms with Crippen LogP contribution in [0.1, 0.15) is 17.8 Å². The van der Waals surface area contributed by atoms with Crippen molar-refractivity contribution < 1.29 is 19.8 Å². The second kappa shape index (κ2) is 7.14. The Labute approximate surface area is 125 Å². The smallest absolute Gasteiger partial charge is 0.326 e. The number of nitrogens with zero attached hydrogens (tertiary/aromatic N) is 1. The van der Waals surface area contributed by atoms with Crippen LogP contribution < -0.4 is 5.32 Å². The first kappa shape index (κ1) is 15.4. The van der Waals surface area contributed by atoms with E-state index in [9.17, 15) is 9.59 Å². The molecular formula is C14H16N2O4S. The number of hydrogen-bond acceptors (Lipinski definition) is 5. The largest absolute Gasteiger partial charge is 0.480 e. The van der Waals surface area contributed by atoms with Gasteiger partial charge in [0.05, 0.1) is 15.2 Å². The van der Waals surface area contributed by atoms with Gasteiger partial charge in [-0.3, -0.25) is 4.79 Å². The van der Waals surface area contributed by atoms with Crippen LogP contribution in [-0.4, -0.2) is 39.7 Å². The molecule has 0 fully saturated rings. The molecule has 0 aliphatic rings. The van der Waals surface area contributed by atoms with Gasteiger partial charge < -0.3 is 15.5 Å². The number of aromatic nitrogens is 1. The highest BCUT2D eigenvalue weighted by molar-refractivity contribution is 7.18. The van der Waals surface area contributed by atoms with Crippen LogP contribution in [0.2, 0.25) is 0 Å². The molecule has 0 aliphatic carbocycles. The molecule has 0 saturated carbocycles. The van der Waals surface area contributed by atoms with Crippen molar-refractivity contribution >= 4 is 33.4 Å². The molecule has 7 heteroatoms. The minimum absolute atomic E-state index is 0.00219. The van der Waals surface area contributed by atoms with Crippen LogP contribution in [0, 0.1) is 0 Å². The van der Waals surface area contributed by atoms with Crippen molar-refractivity contribution in [1.29, 1.82) is 0 Å². The molecule has 1 atom stereocenters. The zero-order valence-electron chi connectivity index (χ0n) is 11.3. The number of benzene rings is 1. The van der Waals surface area contributed by atoms with Crippen molar-refractivity contribution in [3.05, 3.63) is 29.3 Å². The van der Waals surface area contributed by atoms with Crippen molar-refractivity contribution in [3.63, 3.8) is 0 Å². The van der Waals surface area contributed by atoms with E-state index in [4.69, 9.17) is 10.2 Å². The summed E-state index contributed by atoms with van der Waals surface area (Å²) in [7, 11) is 0. The van der Waals surface area contributed by atoms with E-state index < -0.39 is 12.0 Å². The highest BCUT2D eigenvalue weighted by Gasteiger charge is 2.19. The third-order valence-corrected chi connectivity index (χ3v) is 4.05. The standard InChI is InChI=1S/C14H16N2O4S/c17-8-7-10(14(19)20)15-12(18)5-6-13-16-9-3-1-2-4-11(9)21-13/h1-4,10,17H,5-8H2,(H,15,18)(H,19,20)/t10-/m0/s1. The van der Waals surface area contributed by atoms with Gasteiger partial charge in [0, 0.05) is 25.9 Å². The molecule has 21 heavy (non-hydrogen) atoms. The van der Waals surface area contributed by atoms with Crippen LogP contribution in [0.15, 0.2) is 24.3 Å². The summed E-state index contributed by atoms with van der Waals surface area (Å²) in [4.78, 5) is 27.0. The number of para-hydroxylation sites is 1. The number of amides is 1. The van der Waals surface area contributed by atoms with Gasteiger partial charge in [-0.05, 0) is 12.1 Å². The number of aryl methyl sites for hydroxylation is 1. The number of carbonyl (C=O) groups excluding carboxylic acids is 1. The summed E-state index contributed by atoms with van der Waals surface area (Å²) < 4.78 is 1.07.